The van der Waals surface area contributed by atoms with Crippen molar-refractivity contribution in [2.45, 2.75) is 0 Å². The van der Waals surface area contributed by atoms with Crippen LogP contribution in [0.3, 0.4) is 0 Å². The van der Waals surface area contributed by atoms with E-state index in [0.717, 1.165) is 0 Å². The van der Waals surface area contributed by atoms with Crippen molar-refractivity contribution in [1.82, 2.24) is 0 Å². The van der Waals surface area contributed by atoms with Crippen molar-refractivity contribution in [3.8, 4) is 0 Å². The lowest BCUT2D eigenvalue weighted by Gasteiger charge is -1.80. The third-order valence-corrected chi connectivity index (χ3v) is 0.227. The smallest absolute Gasteiger partial charge is 0.368 e. The monoisotopic (exact) mass is 102 g/mol. The molecule has 0 atom stereocenters. The van der Waals surface area contributed by atoms with Gasteiger partial charge >= 0.3 is 6.09 Å². The Hall–Kier alpha value is -1.26. The molecule has 0 aromatic heterocycles. The number of rotatable bonds is 0. The van der Waals surface area contributed by atoms with Crippen LogP contribution in [0.15, 0.2) is 5.11 Å². The molecule has 1 amide bonds. The van der Waals surface area contributed by atoms with Gasteiger partial charge in [-0.05, 0) is 5.53 Å². The van der Waals surface area contributed by atoms with Gasteiger partial charge in [0.2, 0.25) is 0 Å². The lowest BCUT2D eigenvalue weighted by Crippen LogP contribution is -2.02. The second-order valence-corrected chi connectivity index (χ2v) is 0.573. The summed E-state index contributed by atoms with van der Waals surface area (Å²) in [6.45, 7) is 0. The summed E-state index contributed by atoms with van der Waals surface area (Å²) in [4.78, 5) is 15.2. The van der Waals surface area contributed by atoms with E-state index in [9.17, 15) is 4.79 Å². The zero-order chi connectivity index (χ0) is 5.70. The van der Waals surface area contributed by atoms with Crippen LogP contribution in [-0.4, -0.2) is 6.09 Å². The average Bonchev–Trinajstić information content (AvgIpc) is 1.68. The zero-order valence-corrected chi connectivity index (χ0v) is 3.24. The highest BCUT2D eigenvalue weighted by Crippen LogP contribution is 1.74. The maximum Gasteiger partial charge on any atom is 0.415 e. The van der Waals surface area contributed by atoms with Crippen molar-refractivity contribution < 1.29 is 9.63 Å². The summed E-state index contributed by atoms with van der Waals surface area (Å²) in [5.74, 6) is 4.24. The third-order valence-electron chi connectivity index (χ3n) is 0.227. The summed E-state index contributed by atoms with van der Waals surface area (Å²) in [5.41, 5.74) is 7.47. The normalized spacial score (nSPS) is 6.43. The van der Waals surface area contributed by atoms with Gasteiger partial charge in [0.25, 0.3) is 0 Å². The molecule has 0 spiro atoms. The van der Waals surface area contributed by atoms with E-state index >= 15 is 0 Å². The van der Waals surface area contributed by atoms with E-state index in [1.54, 1.807) is 0 Å². The van der Waals surface area contributed by atoms with E-state index in [4.69, 9.17) is 5.53 Å². The van der Waals surface area contributed by atoms with Gasteiger partial charge in [-0.25, -0.2) is 4.79 Å². The van der Waals surface area contributed by atoms with Gasteiger partial charge < -0.3 is 4.84 Å². The highest BCUT2D eigenvalue weighted by atomic mass is 16.7. The maximum absolute atomic E-state index is 9.64. The molecule has 0 fully saturated rings. The van der Waals surface area contributed by atoms with Crippen LogP contribution >= 0.6 is 0 Å². The fourth-order valence-electron chi connectivity index (χ4n) is 0.0601. The maximum atomic E-state index is 9.64. The predicted molar refractivity (Wildman–Crippen MR) is 19.8 cm³/mol. The molecule has 0 bridgehead atoms. The molecule has 0 saturated carbocycles. The predicted octanol–water partition coefficient (Wildman–Crippen LogP) is 0.307. The van der Waals surface area contributed by atoms with Gasteiger partial charge in [-0.15, -0.1) is 0 Å². The van der Waals surface area contributed by atoms with Crippen LogP contribution in [0.2, 0.25) is 0 Å². The molecule has 0 unspecified atom stereocenters. The van der Waals surface area contributed by atoms with Gasteiger partial charge in [0, 0.05) is 10.0 Å². The van der Waals surface area contributed by atoms with Crippen LogP contribution < -0.4 is 5.90 Å². The molecule has 7 heavy (non-hydrogen) atoms. The van der Waals surface area contributed by atoms with Crippen molar-refractivity contribution in [2.24, 2.45) is 11.0 Å². The topological polar surface area (TPSA) is 101 Å². The summed E-state index contributed by atoms with van der Waals surface area (Å²) in [6, 6.07) is 0. The Kier molecular flexibility index (Phi) is 2.42. The van der Waals surface area contributed by atoms with Gasteiger partial charge in [0.1, 0.15) is 0 Å². The van der Waals surface area contributed by atoms with Crippen molar-refractivity contribution in [3.05, 3.63) is 10.4 Å². The largest absolute Gasteiger partial charge is 0.415 e. The number of carbonyl (C=O) groups excluding carboxylic acids is 1. The molecule has 0 aliphatic heterocycles. The molecule has 0 aliphatic rings. The molecule has 6 heteroatoms. The molecular formula is CH2N4O2. The van der Waals surface area contributed by atoms with E-state index < -0.39 is 6.09 Å². The number of amides is 1. The summed E-state index contributed by atoms with van der Waals surface area (Å²) < 4.78 is 0. The highest BCUT2D eigenvalue weighted by molar-refractivity contribution is 5.67. The molecule has 0 saturated heterocycles. The molecular weight excluding hydrogens is 100 g/mol. The van der Waals surface area contributed by atoms with Crippen LogP contribution in [-0.2, 0) is 4.84 Å². The van der Waals surface area contributed by atoms with Crippen molar-refractivity contribution >= 4 is 6.09 Å². The van der Waals surface area contributed by atoms with Crippen molar-refractivity contribution in [1.29, 1.82) is 0 Å². The number of nitrogens with two attached hydrogens (primary N) is 1. The minimum atomic E-state index is -1.14. The molecule has 0 heterocycles. The van der Waals surface area contributed by atoms with E-state index in [1.807, 2.05) is 0 Å². The Balaban J connectivity index is 3.58. The molecule has 0 aromatic rings. The Labute approximate surface area is 38.4 Å². The number of nitrogens with zero attached hydrogens (tertiary/aromatic N) is 3. The fraction of sp³-hybridized carbons (Fsp3) is 0. The Bertz CT molecular complexity index is 113. The minimum absolute atomic E-state index is 1.14. The highest BCUT2D eigenvalue weighted by Gasteiger charge is 1.88. The van der Waals surface area contributed by atoms with Crippen LogP contribution in [0.4, 0.5) is 4.79 Å². The van der Waals surface area contributed by atoms with Gasteiger partial charge in [0.05, 0.1) is 0 Å². The molecule has 38 valence electrons. The first-order valence-corrected chi connectivity index (χ1v) is 1.27. The number of carbonyl (C=O) groups is 1. The molecule has 0 aromatic carbocycles. The second kappa shape index (κ2) is 2.95. The average molecular weight is 102 g/mol. The van der Waals surface area contributed by atoms with Gasteiger partial charge in [-0.1, -0.05) is 0 Å². The number of azide groups is 1. The van der Waals surface area contributed by atoms with Crippen LogP contribution in [0.25, 0.3) is 10.4 Å². The minimum Gasteiger partial charge on any atom is -0.368 e. The molecule has 6 nitrogen and oxygen atoms in total. The lowest BCUT2D eigenvalue weighted by atomic mass is 11.3. The fourth-order valence-corrected chi connectivity index (χ4v) is 0.0601. The van der Waals surface area contributed by atoms with E-state index in [0.29, 0.717) is 0 Å². The molecule has 2 N–H and O–H groups in total. The first-order chi connectivity index (χ1) is 3.31. The Morgan fingerprint density at radius 3 is 2.71 bits per heavy atom. The van der Waals surface area contributed by atoms with Crippen LogP contribution in [0.1, 0.15) is 0 Å². The summed E-state index contributed by atoms with van der Waals surface area (Å²) >= 11 is 0. The van der Waals surface area contributed by atoms with Crippen molar-refractivity contribution in [3.63, 3.8) is 0 Å². The van der Waals surface area contributed by atoms with Gasteiger partial charge in [-0.2, -0.15) is 5.90 Å². The summed E-state index contributed by atoms with van der Waals surface area (Å²) in [5, 5.41) is 2.44. The first kappa shape index (κ1) is 5.74. The van der Waals surface area contributed by atoms with E-state index in [2.05, 4.69) is 20.8 Å². The molecule has 0 aliphatic carbocycles. The van der Waals surface area contributed by atoms with Crippen LogP contribution in [0.5, 0.6) is 0 Å². The quantitative estimate of drug-likeness (QED) is 0.206. The van der Waals surface area contributed by atoms with Crippen LogP contribution in [0, 0.1) is 0 Å². The number of hydrogen-bond donors (Lipinski definition) is 1. The molecule has 0 radical (unpaired) electrons. The SMILES string of the molecule is [N-]=[N+]=NC(=O)ON. The number of hydrogen-bond acceptors (Lipinski definition) is 3. The summed E-state index contributed by atoms with van der Waals surface area (Å²) in [6.07, 6.45) is -1.14. The Morgan fingerprint density at radius 2 is 2.57 bits per heavy atom. The summed E-state index contributed by atoms with van der Waals surface area (Å²) in [7, 11) is 0. The van der Waals surface area contributed by atoms with Gasteiger partial charge in [0.15, 0.2) is 0 Å². The molecule has 0 rings (SSSR count). The lowest BCUT2D eigenvalue weighted by molar-refractivity contribution is 0.159. The van der Waals surface area contributed by atoms with E-state index in [-0.39, 0.29) is 0 Å². The standard InChI is InChI=1S/CH2N4O2/c2-5-4-1(6)7-3/h3H2. The Morgan fingerprint density at radius 1 is 2.00 bits per heavy atom. The first-order valence-electron chi connectivity index (χ1n) is 1.27. The second-order valence-electron chi connectivity index (χ2n) is 0.573. The van der Waals surface area contributed by atoms with Gasteiger partial charge in [-0.3, -0.25) is 0 Å². The van der Waals surface area contributed by atoms with Crippen molar-refractivity contribution in [2.75, 3.05) is 0 Å². The van der Waals surface area contributed by atoms with E-state index in [1.165, 1.54) is 0 Å². The third kappa shape index (κ3) is 2.54. The zero-order valence-electron chi connectivity index (χ0n) is 3.24.